The van der Waals surface area contributed by atoms with Gasteiger partial charge >= 0.3 is 0 Å². The molecule has 0 saturated heterocycles. The molecule has 0 spiro atoms. The zero-order valence-electron chi connectivity index (χ0n) is 15.2. The lowest BCUT2D eigenvalue weighted by atomic mass is 10.1. The van der Waals surface area contributed by atoms with Crippen LogP contribution in [-0.4, -0.2) is 13.5 Å². The summed E-state index contributed by atoms with van der Waals surface area (Å²) < 4.78 is 40.8. The molecule has 28 heavy (non-hydrogen) atoms. The first kappa shape index (κ1) is 19.8. The van der Waals surface area contributed by atoms with Crippen molar-refractivity contribution in [2.75, 3.05) is 4.72 Å². The number of nitrogens with one attached hydrogen (secondary N) is 1. The van der Waals surface area contributed by atoms with Crippen molar-refractivity contribution in [1.82, 2.24) is 0 Å². The number of halogens is 1. The second kappa shape index (κ2) is 8.37. The van der Waals surface area contributed by atoms with Crippen LogP contribution < -0.4 is 4.72 Å². The predicted octanol–water partition coefficient (Wildman–Crippen LogP) is 4.68. The fourth-order valence-electron chi connectivity index (χ4n) is 2.65. The molecule has 0 aliphatic carbocycles. The van der Waals surface area contributed by atoms with Crippen molar-refractivity contribution in [3.63, 3.8) is 0 Å². The number of anilines is 1. The molecule has 3 aromatic rings. The molecule has 0 bridgehead atoms. The van der Waals surface area contributed by atoms with Gasteiger partial charge in [0.2, 0.25) is 0 Å². The number of para-hydroxylation sites is 1. The number of hydrogen-bond acceptors (Lipinski definition) is 3. The number of hydrogen-bond donors (Lipinski definition) is 2. The maximum atomic E-state index is 13.0. The average Bonchev–Trinajstić information content (AvgIpc) is 2.68. The highest BCUT2D eigenvalue weighted by molar-refractivity contribution is 7.92. The van der Waals surface area contributed by atoms with Gasteiger partial charge in [-0.2, -0.15) is 0 Å². The second-order valence-corrected chi connectivity index (χ2v) is 8.04. The SMILES string of the molecule is Cc1ccc(S(=O)(=O)Nc2ccccc2C(O)/C=C/c2ccc(F)cc2)cc1. The van der Waals surface area contributed by atoms with Crippen LogP contribution in [0.3, 0.4) is 0 Å². The van der Waals surface area contributed by atoms with E-state index in [0.717, 1.165) is 11.1 Å². The van der Waals surface area contributed by atoms with Crippen LogP contribution >= 0.6 is 0 Å². The van der Waals surface area contributed by atoms with Gasteiger partial charge in [0.1, 0.15) is 5.82 Å². The summed E-state index contributed by atoms with van der Waals surface area (Å²) in [5.41, 5.74) is 2.38. The zero-order chi connectivity index (χ0) is 20.1. The van der Waals surface area contributed by atoms with Gasteiger partial charge in [0.05, 0.1) is 16.7 Å². The molecule has 0 aliphatic heterocycles. The van der Waals surface area contributed by atoms with Crippen molar-refractivity contribution >= 4 is 21.8 Å². The van der Waals surface area contributed by atoms with E-state index in [4.69, 9.17) is 0 Å². The fraction of sp³-hybridized carbons (Fsp3) is 0.0909. The highest BCUT2D eigenvalue weighted by Gasteiger charge is 2.17. The molecule has 1 atom stereocenters. The smallest absolute Gasteiger partial charge is 0.261 e. The van der Waals surface area contributed by atoms with Crippen molar-refractivity contribution in [3.8, 4) is 0 Å². The molecular weight excluding hydrogens is 377 g/mol. The van der Waals surface area contributed by atoms with Crippen molar-refractivity contribution in [1.29, 1.82) is 0 Å². The summed E-state index contributed by atoms with van der Waals surface area (Å²) >= 11 is 0. The average molecular weight is 397 g/mol. The minimum Gasteiger partial charge on any atom is -0.384 e. The monoisotopic (exact) mass is 397 g/mol. The Kier molecular flexibility index (Phi) is 5.92. The van der Waals surface area contributed by atoms with Gasteiger partial charge in [-0.15, -0.1) is 0 Å². The lowest BCUT2D eigenvalue weighted by Gasteiger charge is -2.15. The molecule has 0 aliphatic rings. The van der Waals surface area contributed by atoms with Gasteiger partial charge in [-0.25, -0.2) is 12.8 Å². The summed E-state index contributed by atoms with van der Waals surface area (Å²) in [4.78, 5) is 0.143. The zero-order valence-corrected chi connectivity index (χ0v) is 16.0. The maximum Gasteiger partial charge on any atom is 0.261 e. The van der Waals surface area contributed by atoms with E-state index in [1.54, 1.807) is 54.6 Å². The first-order valence-corrected chi connectivity index (χ1v) is 10.1. The second-order valence-electron chi connectivity index (χ2n) is 6.36. The quantitative estimate of drug-likeness (QED) is 0.635. The molecule has 0 radical (unpaired) electrons. The van der Waals surface area contributed by atoms with Crippen LogP contribution in [0.5, 0.6) is 0 Å². The Morgan fingerprint density at radius 3 is 2.29 bits per heavy atom. The van der Waals surface area contributed by atoms with Crippen LogP contribution in [0.25, 0.3) is 6.08 Å². The number of aliphatic hydroxyl groups excluding tert-OH is 1. The van der Waals surface area contributed by atoms with Crippen molar-refractivity contribution in [2.45, 2.75) is 17.9 Å². The van der Waals surface area contributed by atoms with E-state index < -0.39 is 16.1 Å². The maximum absolute atomic E-state index is 13.0. The van der Waals surface area contributed by atoms with E-state index >= 15 is 0 Å². The number of aryl methyl sites for hydroxylation is 1. The third-order valence-electron chi connectivity index (χ3n) is 4.20. The lowest BCUT2D eigenvalue weighted by molar-refractivity contribution is 0.230. The number of benzene rings is 3. The lowest BCUT2D eigenvalue weighted by Crippen LogP contribution is -2.15. The van der Waals surface area contributed by atoms with Crippen LogP contribution in [0, 0.1) is 12.7 Å². The van der Waals surface area contributed by atoms with Gasteiger partial charge in [-0.3, -0.25) is 4.72 Å². The molecule has 0 heterocycles. The number of rotatable bonds is 6. The Morgan fingerprint density at radius 2 is 1.61 bits per heavy atom. The van der Waals surface area contributed by atoms with Crippen molar-refractivity contribution in [2.24, 2.45) is 0 Å². The molecule has 3 rings (SSSR count). The third kappa shape index (κ3) is 4.85. The van der Waals surface area contributed by atoms with E-state index in [1.165, 1.54) is 30.3 Å². The molecule has 0 saturated carbocycles. The predicted molar refractivity (Wildman–Crippen MR) is 109 cm³/mol. The van der Waals surface area contributed by atoms with Crippen molar-refractivity contribution in [3.05, 3.63) is 101 Å². The van der Waals surface area contributed by atoms with Crippen molar-refractivity contribution < 1.29 is 17.9 Å². The summed E-state index contributed by atoms with van der Waals surface area (Å²) in [6, 6.07) is 19.0. The molecule has 0 fully saturated rings. The van der Waals surface area contributed by atoms with E-state index in [1.807, 2.05) is 6.92 Å². The Balaban J connectivity index is 1.84. The molecule has 1 unspecified atom stereocenters. The van der Waals surface area contributed by atoms with E-state index in [0.29, 0.717) is 11.3 Å². The van der Waals surface area contributed by atoms with Crippen LogP contribution in [-0.2, 0) is 10.0 Å². The van der Waals surface area contributed by atoms with Gasteiger partial charge in [0.15, 0.2) is 0 Å². The standard InChI is InChI=1S/C22H20FNO3S/c1-16-6-13-19(14-7-16)28(26,27)24-21-5-3-2-4-20(21)22(25)15-10-17-8-11-18(23)12-9-17/h2-15,22,24-25H,1H3/b15-10+. The van der Waals surface area contributed by atoms with E-state index in [-0.39, 0.29) is 10.7 Å². The first-order valence-electron chi connectivity index (χ1n) is 8.65. The highest BCUT2D eigenvalue weighted by Crippen LogP contribution is 2.27. The Morgan fingerprint density at radius 1 is 0.964 bits per heavy atom. The van der Waals surface area contributed by atoms with Gasteiger partial charge in [0.25, 0.3) is 10.0 Å². The summed E-state index contributed by atoms with van der Waals surface area (Å²) in [5, 5.41) is 10.5. The molecule has 0 amide bonds. The van der Waals surface area contributed by atoms with Crippen LogP contribution in [0.15, 0.2) is 83.8 Å². The Labute approximate surface area is 164 Å². The summed E-state index contributed by atoms with van der Waals surface area (Å²) in [5.74, 6) is -0.339. The van der Waals surface area contributed by atoms with Crippen LogP contribution in [0.1, 0.15) is 22.8 Å². The van der Waals surface area contributed by atoms with Gasteiger partial charge < -0.3 is 5.11 Å². The highest BCUT2D eigenvalue weighted by atomic mass is 32.2. The largest absolute Gasteiger partial charge is 0.384 e. The summed E-state index contributed by atoms with van der Waals surface area (Å²) in [6.07, 6.45) is 2.13. The Bertz CT molecular complexity index is 1080. The molecular formula is C22H20FNO3S. The number of aliphatic hydroxyl groups is 1. The van der Waals surface area contributed by atoms with E-state index in [9.17, 15) is 17.9 Å². The molecule has 3 aromatic carbocycles. The molecule has 2 N–H and O–H groups in total. The minimum atomic E-state index is -3.78. The van der Waals surface area contributed by atoms with Gasteiger partial charge in [0, 0.05) is 5.56 Å². The first-order chi connectivity index (χ1) is 13.3. The van der Waals surface area contributed by atoms with E-state index in [2.05, 4.69) is 4.72 Å². The topological polar surface area (TPSA) is 66.4 Å². The molecule has 144 valence electrons. The summed E-state index contributed by atoms with van der Waals surface area (Å²) in [6.45, 7) is 1.88. The van der Waals surface area contributed by atoms with Gasteiger partial charge in [-0.05, 0) is 42.8 Å². The van der Waals surface area contributed by atoms with Gasteiger partial charge in [-0.1, -0.05) is 60.2 Å². The fourth-order valence-corrected chi connectivity index (χ4v) is 3.74. The third-order valence-corrected chi connectivity index (χ3v) is 5.58. The van der Waals surface area contributed by atoms with Crippen LogP contribution in [0.2, 0.25) is 0 Å². The Hall–Kier alpha value is -2.96. The normalized spacial score (nSPS) is 12.8. The number of sulfonamides is 1. The van der Waals surface area contributed by atoms with Crippen LogP contribution in [0.4, 0.5) is 10.1 Å². The molecule has 4 nitrogen and oxygen atoms in total. The molecule has 0 aromatic heterocycles. The molecule has 6 heteroatoms. The summed E-state index contributed by atoms with van der Waals surface area (Å²) in [7, 11) is -3.78. The minimum absolute atomic E-state index is 0.143.